The molecule has 0 aromatic heterocycles. The fraction of sp³-hybridized carbons (Fsp3) is 0.0952. The lowest BCUT2D eigenvalue weighted by Crippen LogP contribution is -2.22. The molecule has 0 spiro atoms. The topological polar surface area (TPSA) is 29.1 Å². The quantitative estimate of drug-likeness (QED) is 0.496. The van der Waals surface area contributed by atoms with Crippen LogP contribution in [0, 0.1) is 0 Å². The molecule has 5 heteroatoms. The summed E-state index contributed by atoms with van der Waals surface area (Å²) >= 11 is 13.7. The van der Waals surface area contributed by atoms with Gasteiger partial charge in [-0.2, -0.15) is 0 Å². The van der Waals surface area contributed by atoms with Crippen molar-refractivity contribution in [3.63, 3.8) is 0 Å². The zero-order valence-electron chi connectivity index (χ0n) is 13.9. The van der Waals surface area contributed by atoms with Crippen molar-refractivity contribution in [2.24, 2.45) is 0 Å². The normalized spacial score (nSPS) is 10.5. The Bertz CT molecular complexity index is 879. The van der Waals surface area contributed by atoms with Gasteiger partial charge in [0.2, 0.25) is 0 Å². The molecular weight excluding hydrogens is 385 g/mol. The van der Waals surface area contributed by atoms with Gasteiger partial charge in [-0.05, 0) is 53.6 Å². The summed E-state index contributed by atoms with van der Waals surface area (Å²) in [4.78, 5) is 13.4. The molecule has 0 aliphatic carbocycles. The summed E-state index contributed by atoms with van der Waals surface area (Å²) in [5, 5.41) is 4.29. The van der Waals surface area contributed by atoms with Crippen molar-refractivity contribution in [1.29, 1.82) is 0 Å². The number of rotatable bonds is 6. The molecule has 0 saturated heterocycles. The van der Waals surface area contributed by atoms with Crippen LogP contribution < -0.4 is 5.32 Å². The van der Waals surface area contributed by atoms with Crippen molar-refractivity contribution >= 4 is 40.9 Å². The minimum atomic E-state index is -0.109. The Morgan fingerprint density at radius 2 is 1.58 bits per heavy atom. The second-order valence-electron chi connectivity index (χ2n) is 5.71. The SMILES string of the molecule is O=C(NCc1ccccc1Cl)c1ccc(CSc2ccc(Cl)cc2)cc1. The third-order valence-electron chi connectivity index (χ3n) is 3.83. The molecule has 0 radical (unpaired) electrons. The summed E-state index contributed by atoms with van der Waals surface area (Å²) in [6.45, 7) is 0.409. The molecule has 0 fully saturated rings. The predicted octanol–water partition coefficient (Wildman–Crippen LogP) is 6.22. The Morgan fingerprint density at radius 1 is 0.885 bits per heavy atom. The van der Waals surface area contributed by atoms with E-state index in [0.717, 1.165) is 26.8 Å². The van der Waals surface area contributed by atoms with E-state index < -0.39 is 0 Å². The third kappa shape index (κ3) is 5.28. The average molecular weight is 402 g/mol. The van der Waals surface area contributed by atoms with Gasteiger partial charge in [-0.3, -0.25) is 4.79 Å². The molecule has 3 aromatic rings. The number of nitrogens with one attached hydrogen (secondary N) is 1. The van der Waals surface area contributed by atoms with E-state index in [2.05, 4.69) is 5.32 Å². The maximum absolute atomic E-state index is 12.3. The van der Waals surface area contributed by atoms with Crippen molar-refractivity contribution in [3.05, 3.63) is 99.5 Å². The van der Waals surface area contributed by atoms with Gasteiger partial charge in [0, 0.05) is 32.8 Å². The average Bonchev–Trinajstić information content (AvgIpc) is 2.67. The Hall–Kier alpha value is -1.94. The largest absolute Gasteiger partial charge is 0.348 e. The van der Waals surface area contributed by atoms with Crippen LogP contribution in [-0.2, 0) is 12.3 Å². The predicted molar refractivity (Wildman–Crippen MR) is 110 cm³/mol. The first kappa shape index (κ1) is 18.8. The highest BCUT2D eigenvalue weighted by Gasteiger charge is 2.07. The molecule has 2 nitrogen and oxygen atoms in total. The van der Waals surface area contributed by atoms with Gasteiger partial charge < -0.3 is 5.32 Å². The number of carbonyl (C=O) groups is 1. The molecule has 0 aliphatic heterocycles. The number of amides is 1. The summed E-state index contributed by atoms with van der Waals surface area (Å²) in [6, 6.07) is 22.9. The van der Waals surface area contributed by atoms with Crippen LogP contribution in [0.5, 0.6) is 0 Å². The van der Waals surface area contributed by atoms with Gasteiger partial charge in [-0.25, -0.2) is 0 Å². The van der Waals surface area contributed by atoms with E-state index in [1.54, 1.807) is 11.8 Å². The number of halogens is 2. The van der Waals surface area contributed by atoms with Crippen LogP contribution in [0.4, 0.5) is 0 Å². The second-order valence-corrected chi connectivity index (χ2v) is 7.61. The summed E-state index contributed by atoms with van der Waals surface area (Å²) in [5.41, 5.74) is 2.70. The van der Waals surface area contributed by atoms with Gasteiger partial charge in [0.25, 0.3) is 5.91 Å². The van der Waals surface area contributed by atoms with E-state index in [9.17, 15) is 4.79 Å². The number of carbonyl (C=O) groups excluding carboxylic acids is 1. The summed E-state index contributed by atoms with van der Waals surface area (Å²) in [6.07, 6.45) is 0. The van der Waals surface area contributed by atoms with Crippen molar-refractivity contribution in [1.82, 2.24) is 5.32 Å². The van der Waals surface area contributed by atoms with Gasteiger partial charge in [0.1, 0.15) is 0 Å². The highest BCUT2D eigenvalue weighted by Crippen LogP contribution is 2.24. The smallest absolute Gasteiger partial charge is 0.251 e. The summed E-state index contributed by atoms with van der Waals surface area (Å²) in [5.74, 6) is 0.727. The van der Waals surface area contributed by atoms with E-state index in [0.29, 0.717) is 17.1 Å². The lowest BCUT2D eigenvalue weighted by atomic mass is 10.1. The Balaban J connectivity index is 1.54. The highest BCUT2D eigenvalue weighted by molar-refractivity contribution is 7.98. The number of thioether (sulfide) groups is 1. The van der Waals surface area contributed by atoms with E-state index in [1.807, 2.05) is 72.8 Å². The minimum absolute atomic E-state index is 0.109. The molecule has 3 rings (SSSR count). The first-order valence-corrected chi connectivity index (χ1v) is 9.85. The monoisotopic (exact) mass is 401 g/mol. The molecule has 0 heterocycles. The standard InChI is InChI=1S/C21H17Cl2NOS/c22-18-9-11-19(12-10-18)26-14-15-5-7-16(8-6-15)21(25)24-13-17-3-1-2-4-20(17)23/h1-12H,13-14H2,(H,24,25). The van der Waals surface area contributed by atoms with E-state index in [4.69, 9.17) is 23.2 Å². The molecule has 0 bridgehead atoms. The van der Waals surface area contributed by atoms with Gasteiger partial charge in [0.15, 0.2) is 0 Å². The zero-order chi connectivity index (χ0) is 18.4. The van der Waals surface area contributed by atoms with Gasteiger partial charge in [-0.1, -0.05) is 53.5 Å². The fourth-order valence-electron chi connectivity index (χ4n) is 2.37. The molecule has 0 aliphatic rings. The van der Waals surface area contributed by atoms with Gasteiger partial charge >= 0.3 is 0 Å². The molecule has 132 valence electrons. The zero-order valence-corrected chi connectivity index (χ0v) is 16.2. The first-order chi connectivity index (χ1) is 12.6. The first-order valence-electron chi connectivity index (χ1n) is 8.11. The maximum Gasteiger partial charge on any atom is 0.251 e. The van der Waals surface area contributed by atoms with E-state index in [1.165, 1.54) is 0 Å². The lowest BCUT2D eigenvalue weighted by molar-refractivity contribution is 0.0951. The van der Waals surface area contributed by atoms with Crippen LogP contribution in [0.15, 0.2) is 77.7 Å². The third-order valence-corrected chi connectivity index (χ3v) is 5.54. The minimum Gasteiger partial charge on any atom is -0.348 e. The number of benzene rings is 3. The van der Waals surface area contributed by atoms with Crippen LogP contribution in [-0.4, -0.2) is 5.91 Å². The van der Waals surface area contributed by atoms with Crippen LogP contribution >= 0.6 is 35.0 Å². The Kier molecular flexibility index (Phi) is 6.62. The Labute approximate surface area is 167 Å². The molecule has 3 aromatic carbocycles. The van der Waals surface area contributed by atoms with Crippen molar-refractivity contribution in [2.45, 2.75) is 17.2 Å². The number of hydrogen-bond acceptors (Lipinski definition) is 2. The van der Waals surface area contributed by atoms with Crippen molar-refractivity contribution < 1.29 is 4.79 Å². The molecule has 0 atom stereocenters. The van der Waals surface area contributed by atoms with Crippen LogP contribution in [0.25, 0.3) is 0 Å². The number of hydrogen-bond donors (Lipinski definition) is 1. The maximum atomic E-state index is 12.3. The molecule has 0 saturated carbocycles. The summed E-state index contributed by atoms with van der Waals surface area (Å²) < 4.78 is 0. The van der Waals surface area contributed by atoms with Crippen LogP contribution in [0.1, 0.15) is 21.5 Å². The summed E-state index contributed by atoms with van der Waals surface area (Å²) in [7, 11) is 0. The molecular formula is C21H17Cl2NOS. The second kappa shape index (κ2) is 9.13. The van der Waals surface area contributed by atoms with Crippen LogP contribution in [0.3, 0.4) is 0 Å². The van der Waals surface area contributed by atoms with E-state index in [-0.39, 0.29) is 5.91 Å². The molecule has 1 amide bonds. The van der Waals surface area contributed by atoms with Crippen LogP contribution in [0.2, 0.25) is 10.0 Å². The molecule has 26 heavy (non-hydrogen) atoms. The Morgan fingerprint density at radius 3 is 2.27 bits per heavy atom. The fourth-order valence-corrected chi connectivity index (χ4v) is 3.55. The van der Waals surface area contributed by atoms with Gasteiger partial charge in [0.05, 0.1) is 0 Å². The van der Waals surface area contributed by atoms with Crippen molar-refractivity contribution in [2.75, 3.05) is 0 Å². The van der Waals surface area contributed by atoms with Gasteiger partial charge in [-0.15, -0.1) is 11.8 Å². The van der Waals surface area contributed by atoms with Crippen molar-refractivity contribution in [3.8, 4) is 0 Å². The lowest BCUT2D eigenvalue weighted by Gasteiger charge is -2.08. The molecule has 1 N–H and O–H groups in total. The van der Waals surface area contributed by atoms with E-state index >= 15 is 0 Å². The molecule has 0 unspecified atom stereocenters. The highest BCUT2D eigenvalue weighted by atomic mass is 35.5.